The lowest BCUT2D eigenvalue weighted by atomic mass is 10.1. The van der Waals surface area contributed by atoms with Crippen molar-refractivity contribution in [2.45, 2.75) is 40.2 Å². The second-order valence-corrected chi connectivity index (χ2v) is 6.67. The number of para-hydroxylation sites is 1. The summed E-state index contributed by atoms with van der Waals surface area (Å²) < 4.78 is 0. The number of aryl methyl sites for hydroxylation is 2. The average Bonchev–Trinajstić information content (AvgIpc) is 3.02. The molecule has 0 spiro atoms. The fourth-order valence-corrected chi connectivity index (χ4v) is 2.86. The molecule has 142 valence electrons. The molecule has 0 saturated heterocycles. The molecule has 1 aromatic heterocycles. The van der Waals surface area contributed by atoms with Crippen molar-refractivity contribution in [2.24, 2.45) is 0 Å². The SMILES string of the molecule is CC(=O)NC(Cc1c[nH]c2ccccc12)C(=O)O.Cc1cccc(C)c1C. The van der Waals surface area contributed by atoms with Crippen LogP contribution in [-0.2, 0) is 16.0 Å². The van der Waals surface area contributed by atoms with E-state index >= 15 is 0 Å². The number of hydrogen-bond acceptors (Lipinski definition) is 2. The minimum absolute atomic E-state index is 0.263. The first-order chi connectivity index (χ1) is 12.8. The number of rotatable bonds is 4. The first-order valence-electron chi connectivity index (χ1n) is 8.87. The van der Waals surface area contributed by atoms with E-state index in [4.69, 9.17) is 5.11 Å². The van der Waals surface area contributed by atoms with Gasteiger partial charge >= 0.3 is 5.97 Å². The molecule has 0 fully saturated rings. The topological polar surface area (TPSA) is 82.2 Å². The smallest absolute Gasteiger partial charge is 0.326 e. The summed E-state index contributed by atoms with van der Waals surface area (Å²) in [6.07, 6.45) is 2.04. The van der Waals surface area contributed by atoms with E-state index in [2.05, 4.69) is 49.3 Å². The van der Waals surface area contributed by atoms with Crippen LogP contribution < -0.4 is 5.32 Å². The number of aromatic nitrogens is 1. The van der Waals surface area contributed by atoms with Crippen molar-refractivity contribution in [3.05, 3.63) is 70.9 Å². The summed E-state index contributed by atoms with van der Waals surface area (Å²) in [6, 6.07) is 13.1. The molecule has 0 saturated carbocycles. The molecule has 3 aromatic rings. The maximum atomic E-state index is 11.1. The Kier molecular flexibility index (Phi) is 6.77. The number of aromatic amines is 1. The molecular formula is C22H26N2O3. The van der Waals surface area contributed by atoms with Gasteiger partial charge in [0.05, 0.1) is 0 Å². The van der Waals surface area contributed by atoms with E-state index in [-0.39, 0.29) is 12.3 Å². The lowest BCUT2D eigenvalue weighted by Gasteiger charge is -2.12. The number of amides is 1. The van der Waals surface area contributed by atoms with Crippen LogP contribution in [0, 0.1) is 20.8 Å². The maximum Gasteiger partial charge on any atom is 0.326 e. The highest BCUT2D eigenvalue weighted by Gasteiger charge is 2.20. The maximum absolute atomic E-state index is 11.1. The Labute approximate surface area is 159 Å². The predicted octanol–water partition coefficient (Wildman–Crippen LogP) is 3.91. The largest absolute Gasteiger partial charge is 0.480 e. The molecule has 3 rings (SSSR count). The molecule has 1 unspecified atom stereocenters. The summed E-state index contributed by atoms with van der Waals surface area (Å²) >= 11 is 0. The fourth-order valence-electron chi connectivity index (χ4n) is 2.86. The van der Waals surface area contributed by atoms with Crippen LogP contribution in [0.2, 0.25) is 0 Å². The molecule has 0 aliphatic carbocycles. The van der Waals surface area contributed by atoms with Crippen LogP contribution in [0.15, 0.2) is 48.7 Å². The molecule has 0 bridgehead atoms. The van der Waals surface area contributed by atoms with Crippen LogP contribution in [0.5, 0.6) is 0 Å². The van der Waals surface area contributed by atoms with Gasteiger partial charge in [-0.15, -0.1) is 0 Å². The van der Waals surface area contributed by atoms with E-state index in [0.717, 1.165) is 16.5 Å². The standard InChI is InChI=1S/C13H14N2O3.C9H12/c1-8(16)15-12(13(17)18)6-9-7-14-11-5-3-2-4-10(9)11;1-7-5-4-6-8(2)9(7)3/h2-5,7,12,14H,6H2,1H3,(H,15,16)(H,17,18);4-6H,1-3H3. The van der Waals surface area contributed by atoms with E-state index in [1.807, 2.05) is 24.3 Å². The first-order valence-corrected chi connectivity index (χ1v) is 8.87. The third-order valence-electron chi connectivity index (χ3n) is 4.65. The molecule has 0 aliphatic rings. The van der Waals surface area contributed by atoms with Gasteiger partial charge in [0.25, 0.3) is 0 Å². The van der Waals surface area contributed by atoms with Crippen molar-refractivity contribution in [3.8, 4) is 0 Å². The normalized spacial score (nSPS) is 11.4. The second-order valence-electron chi connectivity index (χ2n) is 6.67. The highest BCUT2D eigenvalue weighted by Crippen LogP contribution is 2.19. The van der Waals surface area contributed by atoms with Gasteiger partial charge in [-0.1, -0.05) is 36.4 Å². The first kappa shape index (κ1) is 20.2. The number of H-pyrrole nitrogens is 1. The van der Waals surface area contributed by atoms with Crippen LogP contribution in [0.25, 0.3) is 10.9 Å². The van der Waals surface area contributed by atoms with Gasteiger partial charge in [0.1, 0.15) is 6.04 Å². The van der Waals surface area contributed by atoms with Gasteiger partial charge in [0.2, 0.25) is 5.91 Å². The lowest BCUT2D eigenvalue weighted by Crippen LogP contribution is -2.41. The molecule has 27 heavy (non-hydrogen) atoms. The van der Waals surface area contributed by atoms with E-state index in [1.165, 1.54) is 23.6 Å². The zero-order valence-corrected chi connectivity index (χ0v) is 16.2. The van der Waals surface area contributed by atoms with Gasteiger partial charge in [-0.25, -0.2) is 4.79 Å². The number of nitrogens with one attached hydrogen (secondary N) is 2. The number of carboxylic acids is 1. The third-order valence-corrected chi connectivity index (χ3v) is 4.65. The Bertz CT molecular complexity index is 923. The zero-order valence-electron chi connectivity index (χ0n) is 16.2. The molecule has 1 amide bonds. The Hall–Kier alpha value is -3.08. The van der Waals surface area contributed by atoms with Gasteiger partial charge in [-0.3, -0.25) is 4.79 Å². The van der Waals surface area contributed by atoms with Crippen LogP contribution in [0.4, 0.5) is 0 Å². The summed E-state index contributed by atoms with van der Waals surface area (Å²) in [7, 11) is 0. The monoisotopic (exact) mass is 366 g/mol. The van der Waals surface area contributed by atoms with Gasteiger partial charge in [-0.05, 0) is 49.1 Å². The van der Waals surface area contributed by atoms with Crippen molar-refractivity contribution in [3.63, 3.8) is 0 Å². The summed E-state index contributed by atoms with van der Waals surface area (Å²) in [5.74, 6) is -1.38. The average molecular weight is 366 g/mol. The number of aliphatic carboxylic acids is 1. The van der Waals surface area contributed by atoms with Crippen LogP contribution in [0.3, 0.4) is 0 Å². The number of carboxylic acid groups (broad SMARTS) is 1. The third kappa shape index (κ3) is 5.45. The molecule has 2 aromatic carbocycles. The highest BCUT2D eigenvalue weighted by atomic mass is 16.4. The summed E-state index contributed by atoms with van der Waals surface area (Å²) in [5, 5.41) is 12.5. The van der Waals surface area contributed by atoms with E-state index in [9.17, 15) is 9.59 Å². The highest BCUT2D eigenvalue weighted by molar-refractivity contribution is 5.86. The molecule has 0 aliphatic heterocycles. The fraction of sp³-hybridized carbons (Fsp3) is 0.273. The van der Waals surface area contributed by atoms with Gasteiger partial charge in [0.15, 0.2) is 0 Å². The Morgan fingerprint density at radius 3 is 2.22 bits per heavy atom. The molecule has 3 N–H and O–H groups in total. The molecule has 5 nitrogen and oxygen atoms in total. The van der Waals surface area contributed by atoms with Crippen molar-refractivity contribution < 1.29 is 14.7 Å². The molecule has 0 radical (unpaired) electrons. The number of hydrogen-bond donors (Lipinski definition) is 3. The van der Waals surface area contributed by atoms with Crippen molar-refractivity contribution in [2.75, 3.05) is 0 Å². The summed E-state index contributed by atoms with van der Waals surface area (Å²) in [6.45, 7) is 7.75. The van der Waals surface area contributed by atoms with E-state index in [0.29, 0.717) is 0 Å². The number of carbonyl (C=O) groups excluding carboxylic acids is 1. The minimum Gasteiger partial charge on any atom is -0.480 e. The summed E-state index contributed by atoms with van der Waals surface area (Å²) in [5.41, 5.74) is 6.02. The Balaban J connectivity index is 0.000000244. The number of carbonyl (C=O) groups is 2. The Morgan fingerprint density at radius 2 is 1.67 bits per heavy atom. The van der Waals surface area contributed by atoms with Gasteiger partial charge < -0.3 is 15.4 Å². The van der Waals surface area contributed by atoms with E-state index < -0.39 is 12.0 Å². The number of fused-ring (bicyclic) bond motifs is 1. The quantitative estimate of drug-likeness (QED) is 0.655. The van der Waals surface area contributed by atoms with E-state index in [1.54, 1.807) is 6.20 Å². The van der Waals surface area contributed by atoms with Crippen molar-refractivity contribution >= 4 is 22.8 Å². The van der Waals surface area contributed by atoms with Crippen molar-refractivity contribution in [1.82, 2.24) is 10.3 Å². The second kappa shape index (κ2) is 9.03. The van der Waals surface area contributed by atoms with Crippen molar-refractivity contribution in [1.29, 1.82) is 0 Å². The predicted molar refractivity (Wildman–Crippen MR) is 108 cm³/mol. The molecule has 1 atom stereocenters. The minimum atomic E-state index is -1.03. The van der Waals surface area contributed by atoms with Gasteiger partial charge in [0, 0.05) is 30.4 Å². The van der Waals surface area contributed by atoms with Crippen LogP contribution >= 0.6 is 0 Å². The molecular weight excluding hydrogens is 340 g/mol. The van der Waals surface area contributed by atoms with Crippen LogP contribution in [-0.4, -0.2) is 28.0 Å². The number of benzene rings is 2. The van der Waals surface area contributed by atoms with Crippen LogP contribution in [0.1, 0.15) is 29.2 Å². The molecule has 1 heterocycles. The molecule has 5 heteroatoms. The van der Waals surface area contributed by atoms with Gasteiger partial charge in [-0.2, -0.15) is 0 Å². The zero-order chi connectivity index (χ0) is 20.0. The Morgan fingerprint density at radius 1 is 1.04 bits per heavy atom. The summed E-state index contributed by atoms with van der Waals surface area (Å²) in [4.78, 5) is 25.1. The lowest BCUT2D eigenvalue weighted by molar-refractivity contribution is -0.141.